The first-order valence-corrected chi connectivity index (χ1v) is 7.67. The maximum atomic E-state index is 5.78. The number of benzene rings is 1. The number of nitrogens with one attached hydrogen (secondary N) is 1. The standard InChI is InChI=1S/C16H21NOS/c1-4-17-16(14-8-9-19-11-14)13-6-5-7-15(10-13)18-12(2)3/h5-12,16-17H,4H2,1-3H3. The molecule has 2 nitrogen and oxygen atoms in total. The van der Waals surface area contributed by atoms with E-state index in [0.717, 1.165) is 12.3 Å². The summed E-state index contributed by atoms with van der Waals surface area (Å²) in [7, 11) is 0. The lowest BCUT2D eigenvalue weighted by Gasteiger charge is -2.19. The summed E-state index contributed by atoms with van der Waals surface area (Å²) in [6, 6.07) is 10.8. The lowest BCUT2D eigenvalue weighted by molar-refractivity contribution is 0.242. The van der Waals surface area contributed by atoms with Gasteiger partial charge < -0.3 is 10.1 Å². The molecule has 0 aliphatic rings. The van der Waals surface area contributed by atoms with E-state index in [4.69, 9.17) is 4.74 Å². The van der Waals surface area contributed by atoms with E-state index < -0.39 is 0 Å². The van der Waals surface area contributed by atoms with Gasteiger partial charge in [-0.15, -0.1) is 0 Å². The summed E-state index contributed by atoms with van der Waals surface area (Å²) < 4.78 is 5.78. The minimum Gasteiger partial charge on any atom is -0.491 e. The molecule has 102 valence electrons. The highest BCUT2D eigenvalue weighted by atomic mass is 32.1. The van der Waals surface area contributed by atoms with Gasteiger partial charge in [-0.05, 0) is 60.5 Å². The quantitative estimate of drug-likeness (QED) is 0.851. The fourth-order valence-corrected chi connectivity index (χ4v) is 2.80. The van der Waals surface area contributed by atoms with Gasteiger partial charge in [0, 0.05) is 0 Å². The molecule has 1 unspecified atom stereocenters. The molecule has 1 N–H and O–H groups in total. The van der Waals surface area contributed by atoms with Gasteiger partial charge in [0.2, 0.25) is 0 Å². The van der Waals surface area contributed by atoms with E-state index in [9.17, 15) is 0 Å². The summed E-state index contributed by atoms with van der Waals surface area (Å²) in [5, 5.41) is 7.85. The molecule has 0 amide bonds. The first-order chi connectivity index (χ1) is 9.20. The first-order valence-electron chi connectivity index (χ1n) is 6.72. The van der Waals surface area contributed by atoms with Crippen molar-refractivity contribution in [3.05, 3.63) is 52.2 Å². The van der Waals surface area contributed by atoms with Gasteiger partial charge in [0.25, 0.3) is 0 Å². The third-order valence-corrected chi connectivity index (χ3v) is 3.55. The average Bonchev–Trinajstić information content (AvgIpc) is 2.89. The van der Waals surface area contributed by atoms with Gasteiger partial charge in [0.05, 0.1) is 12.1 Å². The van der Waals surface area contributed by atoms with E-state index in [0.29, 0.717) is 0 Å². The van der Waals surface area contributed by atoms with Crippen LogP contribution in [0.3, 0.4) is 0 Å². The van der Waals surface area contributed by atoms with Gasteiger partial charge >= 0.3 is 0 Å². The van der Waals surface area contributed by atoms with Gasteiger partial charge in [-0.3, -0.25) is 0 Å². The van der Waals surface area contributed by atoms with E-state index in [1.165, 1.54) is 11.1 Å². The van der Waals surface area contributed by atoms with Crippen LogP contribution in [0.5, 0.6) is 5.75 Å². The van der Waals surface area contributed by atoms with Gasteiger partial charge in [-0.1, -0.05) is 19.1 Å². The highest BCUT2D eigenvalue weighted by molar-refractivity contribution is 7.08. The molecule has 1 aromatic carbocycles. The Hall–Kier alpha value is -1.32. The number of hydrogen-bond donors (Lipinski definition) is 1. The maximum absolute atomic E-state index is 5.78. The van der Waals surface area contributed by atoms with Crippen LogP contribution in [-0.4, -0.2) is 12.6 Å². The zero-order valence-corrected chi connectivity index (χ0v) is 12.5. The zero-order chi connectivity index (χ0) is 13.7. The molecule has 2 aromatic rings. The fourth-order valence-electron chi connectivity index (χ4n) is 2.11. The van der Waals surface area contributed by atoms with Crippen molar-refractivity contribution in [1.29, 1.82) is 0 Å². The van der Waals surface area contributed by atoms with Crippen molar-refractivity contribution < 1.29 is 4.74 Å². The molecule has 0 saturated carbocycles. The molecule has 0 bridgehead atoms. The topological polar surface area (TPSA) is 21.3 Å². The molecule has 0 radical (unpaired) electrons. The van der Waals surface area contributed by atoms with Crippen molar-refractivity contribution in [1.82, 2.24) is 5.32 Å². The molecule has 0 aliphatic carbocycles. The number of hydrogen-bond acceptors (Lipinski definition) is 3. The molecule has 3 heteroatoms. The van der Waals surface area contributed by atoms with E-state index in [2.05, 4.69) is 47.3 Å². The van der Waals surface area contributed by atoms with Gasteiger partial charge in [-0.2, -0.15) is 11.3 Å². The Bertz CT molecular complexity index is 493. The molecule has 0 saturated heterocycles. The highest BCUT2D eigenvalue weighted by Gasteiger charge is 2.14. The van der Waals surface area contributed by atoms with Gasteiger partial charge in [0.15, 0.2) is 0 Å². The summed E-state index contributed by atoms with van der Waals surface area (Å²) >= 11 is 1.73. The lowest BCUT2D eigenvalue weighted by atomic mass is 10.0. The van der Waals surface area contributed by atoms with Crippen LogP contribution in [-0.2, 0) is 0 Å². The van der Waals surface area contributed by atoms with Crippen molar-refractivity contribution in [3.8, 4) is 5.75 Å². The Balaban J connectivity index is 2.26. The van der Waals surface area contributed by atoms with E-state index in [-0.39, 0.29) is 12.1 Å². The minimum absolute atomic E-state index is 0.203. The number of thiophene rings is 1. The zero-order valence-electron chi connectivity index (χ0n) is 11.7. The first kappa shape index (κ1) is 14.1. The Morgan fingerprint density at radius 1 is 1.21 bits per heavy atom. The Labute approximate surface area is 119 Å². The molecule has 0 spiro atoms. The lowest BCUT2D eigenvalue weighted by Crippen LogP contribution is -2.21. The van der Waals surface area contributed by atoms with Crippen LogP contribution >= 0.6 is 11.3 Å². The third-order valence-electron chi connectivity index (χ3n) is 2.85. The predicted molar refractivity (Wildman–Crippen MR) is 82.0 cm³/mol. The van der Waals surface area contributed by atoms with Crippen LogP contribution in [0, 0.1) is 0 Å². The van der Waals surface area contributed by atoms with Crippen LogP contribution in [0.1, 0.15) is 37.9 Å². The summed E-state index contributed by atoms with van der Waals surface area (Å²) in [5.41, 5.74) is 2.56. The van der Waals surface area contributed by atoms with Crippen molar-refractivity contribution >= 4 is 11.3 Å². The van der Waals surface area contributed by atoms with Crippen LogP contribution in [0.25, 0.3) is 0 Å². The molecule has 1 heterocycles. The Morgan fingerprint density at radius 3 is 2.68 bits per heavy atom. The largest absolute Gasteiger partial charge is 0.491 e. The molecule has 1 aromatic heterocycles. The summed E-state index contributed by atoms with van der Waals surface area (Å²) in [4.78, 5) is 0. The molecular formula is C16H21NOS. The van der Waals surface area contributed by atoms with E-state index >= 15 is 0 Å². The second-order valence-corrected chi connectivity index (χ2v) is 5.57. The van der Waals surface area contributed by atoms with Crippen molar-refractivity contribution in [2.75, 3.05) is 6.54 Å². The number of ether oxygens (including phenoxy) is 1. The van der Waals surface area contributed by atoms with Crippen molar-refractivity contribution in [2.24, 2.45) is 0 Å². The van der Waals surface area contributed by atoms with Crippen LogP contribution in [0.2, 0.25) is 0 Å². The summed E-state index contributed by atoms with van der Waals surface area (Å²) in [5.74, 6) is 0.936. The molecule has 0 fully saturated rings. The van der Waals surface area contributed by atoms with Crippen LogP contribution in [0.4, 0.5) is 0 Å². The maximum Gasteiger partial charge on any atom is 0.120 e. The highest BCUT2D eigenvalue weighted by Crippen LogP contribution is 2.27. The average molecular weight is 275 g/mol. The molecule has 1 atom stereocenters. The summed E-state index contributed by atoms with van der Waals surface area (Å²) in [6.07, 6.45) is 0.203. The normalized spacial score (nSPS) is 12.6. The van der Waals surface area contributed by atoms with Crippen LogP contribution in [0.15, 0.2) is 41.1 Å². The third kappa shape index (κ3) is 3.82. The SMILES string of the molecule is CCNC(c1ccsc1)c1cccc(OC(C)C)c1. The fraction of sp³-hybridized carbons (Fsp3) is 0.375. The van der Waals surface area contributed by atoms with Crippen LogP contribution < -0.4 is 10.1 Å². The smallest absolute Gasteiger partial charge is 0.120 e. The second-order valence-electron chi connectivity index (χ2n) is 4.79. The molecule has 19 heavy (non-hydrogen) atoms. The number of rotatable bonds is 6. The van der Waals surface area contributed by atoms with Crippen molar-refractivity contribution in [3.63, 3.8) is 0 Å². The van der Waals surface area contributed by atoms with E-state index in [1.54, 1.807) is 11.3 Å². The van der Waals surface area contributed by atoms with E-state index in [1.807, 2.05) is 19.9 Å². The summed E-state index contributed by atoms with van der Waals surface area (Å²) in [6.45, 7) is 7.17. The second kappa shape index (κ2) is 6.73. The Morgan fingerprint density at radius 2 is 2.05 bits per heavy atom. The van der Waals surface area contributed by atoms with Gasteiger partial charge in [0.1, 0.15) is 5.75 Å². The molecular weight excluding hydrogens is 254 g/mol. The predicted octanol–water partition coefficient (Wildman–Crippen LogP) is 4.23. The minimum atomic E-state index is 0.203. The van der Waals surface area contributed by atoms with Gasteiger partial charge in [-0.25, -0.2) is 0 Å². The molecule has 2 rings (SSSR count). The molecule has 0 aliphatic heterocycles. The van der Waals surface area contributed by atoms with Crippen molar-refractivity contribution in [2.45, 2.75) is 32.9 Å². The monoisotopic (exact) mass is 275 g/mol. The Kier molecular flexibility index (Phi) is 5.00.